The van der Waals surface area contributed by atoms with E-state index in [4.69, 9.17) is 11.6 Å². The Balaban J connectivity index is 2.24. The number of fused-ring (bicyclic) bond motifs is 1. The summed E-state index contributed by atoms with van der Waals surface area (Å²) in [5, 5.41) is 1.66. The number of halogens is 4. The summed E-state index contributed by atoms with van der Waals surface area (Å²) in [7, 11) is 0. The maximum atomic E-state index is 12.7. The van der Waals surface area contributed by atoms with E-state index >= 15 is 0 Å². The lowest BCUT2D eigenvalue weighted by Crippen LogP contribution is -2.41. The lowest BCUT2D eigenvalue weighted by molar-refractivity contribution is -0.173. The van der Waals surface area contributed by atoms with Gasteiger partial charge in [-0.1, -0.05) is 19.8 Å². The third-order valence-corrected chi connectivity index (χ3v) is 4.10. The zero-order chi connectivity index (χ0) is 20.2. The van der Waals surface area contributed by atoms with Gasteiger partial charge in [0.25, 0.3) is 5.56 Å². The van der Waals surface area contributed by atoms with Gasteiger partial charge in [0, 0.05) is 19.6 Å². The molecule has 0 fully saturated rings. The molecule has 0 aliphatic heterocycles. The van der Waals surface area contributed by atoms with Gasteiger partial charge in [0.1, 0.15) is 0 Å². The van der Waals surface area contributed by atoms with Crippen molar-refractivity contribution in [3.8, 4) is 0 Å². The third kappa shape index (κ3) is 4.90. The quantitative estimate of drug-likeness (QED) is 0.512. The van der Waals surface area contributed by atoms with Crippen molar-refractivity contribution in [2.75, 3.05) is 6.54 Å². The molecule has 12 heteroatoms. The summed E-state index contributed by atoms with van der Waals surface area (Å²) in [6.45, 7) is 1.84. The van der Waals surface area contributed by atoms with Gasteiger partial charge < -0.3 is 10.3 Å². The van der Waals surface area contributed by atoms with Gasteiger partial charge in [-0.25, -0.2) is 4.79 Å². The van der Waals surface area contributed by atoms with E-state index in [1.807, 2.05) is 6.92 Å². The maximum absolute atomic E-state index is 12.7. The molecule has 0 atom stereocenters. The van der Waals surface area contributed by atoms with Crippen molar-refractivity contribution in [3.05, 3.63) is 26.1 Å². The first-order valence-electron chi connectivity index (χ1n) is 8.40. The summed E-state index contributed by atoms with van der Waals surface area (Å²) in [6, 6.07) is 0. The molecule has 0 unspecified atom stereocenters. The number of carbonyl (C=O) groups is 1. The average molecular weight is 410 g/mol. The molecule has 0 spiro atoms. The molecule has 2 aromatic heterocycles. The molecule has 2 rings (SSSR count). The fourth-order valence-electron chi connectivity index (χ4n) is 2.60. The van der Waals surface area contributed by atoms with E-state index < -0.39 is 23.3 Å². The Hall–Kier alpha value is -2.30. The molecule has 0 saturated carbocycles. The lowest BCUT2D eigenvalue weighted by atomic mass is 10.2. The minimum atomic E-state index is -4.98. The normalized spacial score (nSPS) is 11.9. The summed E-state index contributed by atoms with van der Waals surface area (Å²) in [5.74, 6) is -2.07. The number of aryl methyl sites for hydroxylation is 1. The number of nitrogens with zero attached hydrogens (tertiary/aromatic N) is 3. The second kappa shape index (κ2) is 8.59. The van der Waals surface area contributed by atoms with Crippen LogP contribution in [0.1, 0.15) is 32.6 Å². The summed E-state index contributed by atoms with van der Waals surface area (Å²) in [4.78, 5) is 42.5. The van der Waals surface area contributed by atoms with Gasteiger partial charge in [0.2, 0.25) is 5.28 Å². The Labute approximate surface area is 156 Å². The van der Waals surface area contributed by atoms with Crippen LogP contribution < -0.4 is 16.6 Å². The van der Waals surface area contributed by atoms with Gasteiger partial charge in [-0.15, -0.1) is 0 Å². The molecule has 27 heavy (non-hydrogen) atoms. The fraction of sp³-hybridized carbons (Fsp3) is 0.600. The van der Waals surface area contributed by atoms with Crippen LogP contribution in [0.4, 0.5) is 13.2 Å². The van der Waals surface area contributed by atoms with Gasteiger partial charge >= 0.3 is 17.8 Å². The molecule has 2 N–H and O–H groups in total. The van der Waals surface area contributed by atoms with Crippen molar-refractivity contribution in [3.63, 3.8) is 0 Å². The highest BCUT2D eigenvalue weighted by atomic mass is 35.5. The van der Waals surface area contributed by atoms with Crippen LogP contribution in [0.15, 0.2) is 9.59 Å². The Morgan fingerprint density at radius 3 is 2.48 bits per heavy atom. The number of unbranched alkanes of at least 4 members (excludes halogenated alkanes) is 2. The predicted octanol–water partition coefficient (Wildman–Crippen LogP) is 1.80. The van der Waals surface area contributed by atoms with E-state index in [1.54, 1.807) is 5.32 Å². The number of carbonyl (C=O) groups excluding carboxylic acids is 1. The van der Waals surface area contributed by atoms with Gasteiger partial charge in [-0.2, -0.15) is 18.2 Å². The number of aromatic nitrogens is 4. The predicted molar refractivity (Wildman–Crippen MR) is 92.8 cm³/mol. The van der Waals surface area contributed by atoms with Gasteiger partial charge in [0.05, 0.1) is 0 Å². The molecule has 2 aromatic rings. The van der Waals surface area contributed by atoms with E-state index in [0.29, 0.717) is 13.0 Å². The standard InChI is InChI=1S/C15H19ClF3N5O3/c1-2-3-4-7-23-10-9(21-13(16)22-10)11(25)24(14(23)27)8-5-6-20-12(26)15(17,18)19/h2-8H2,1H3,(H,20,26)(H,21,22). The molecule has 0 aliphatic carbocycles. The van der Waals surface area contributed by atoms with E-state index in [-0.39, 0.29) is 36.0 Å². The van der Waals surface area contributed by atoms with Crippen LogP contribution in [0.2, 0.25) is 5.28 Å². The summed E-state index contributed by atoms with van der Waals surface area (Å²) < 4.78 is 38.7. The highest BCUT2D eigenvalue weighted by Crippen LogP contribution is 2.14. The zero-order valence-electron chi connectivity index (χ0n) is 14.5. The molecule has 0 aromatic carbocycles. The van der Waals surface area contributed by atoms with Crippen molar-refractivity contribution < 1.29 is 18.0 Å². The molecular formula is C15H19ClF3N5O3. The smallest absolute Gasteiger partial charge is 0.348 e. The number of nitrogens with one attached hydrogen (secondary N) is 2. The Morgan fingerprint density at radius 2 is 1.85 bits per heavy atom. The topological polar surface area (TPSA) is 102 Å². The summed E-state index contributed by atoms with van der Waals surface area (Å²) in [5.41, 5.74) is -1.08. The molecule has 150 valence electrons. The van der Waals surface area contributed by atoms with Crippen LogP contribution in [-0.2, 0) is 17.9 Å². The number of H-pyrrole nitrogens is 1. The zero-order valence-corrected chi connectivity index (χ0v) is 15.3. The fourth-order valence-corrected chi connectivity index (χ4v) is 2.77. The van der Waals surface area contributed by atoms with Crippen molar-refractivity contribution in [2.24, 2.45) is 0 Å². The van der Waals surface area contributed by atoms with Crippen LogP contribution in [0, 0.1) is 0 Å². The van der Waals surface area contributed by atoms with Crippen LogP contribution in [0.5, 0.6) is 0 Å². The maximum Gasteiger partial charge on any atom is 0.471 e. The number of hydrogen-bond acceptors (Lipinski definition) is 4. The van der Waals surface area contributed by atoms with Crippen molar-refractivity contribution >= 4 is 28.7 Å². The van der Waals surface area contributed by atoms with Crippen molar-refractivity contribution in [1.82, 2.24) is 24.4 Å². The van der Waals surface area contributed by atoms with Crippen LogP contribution in [0.3, 0.4) is 0 Å². The van der Waals surface area contributed by atoms with Gasteiger partial charge in [0.15, 0.2) is 11.2 Å². The highest BCUT2D eigenvalue weighted by molar-refractivity contribution is 6.28. The minimum Gasteiger partial charge on any atom is -0.348 e. The Kier molecular flexibility index (Phi) is 6.68. The molecule has 0 bridgehead atoms. The SMILES string of the molecule is CCCCCn1c(=O)n(CCCNC(=O)C(F)(F)F)c(=O)c2[nH]c(Cl)nc21. The van der Waals surface area contributed by atoms with Gasteiger partial charge in [-0.05, 0) is 24.4 Å². The second-order valence-corrected chi connectivity index (χ2v) is 6.29. The average Bonchev–Trinajstić information content (AvgIpc) is 2.98. The summed E-state index contributed by atoms with van der Waals surface area (Å²) in [6.07, 6.45) is -2.52. The van der Waals surface area contributed by atoms with E-state index in [2.05, 4.69) is 9.97 Å². The molecule has 0 saturated heterocycles. The second-order valence-electron chi connectivity index (χ2n) is 5.93. The first-order valence-corrected chi connectivity index (χ1v) is 8.78. The number of rotatable bonds is 8. The largest absolute Gasteiger partial charge is 0.471 e. The number of hydrogen-bond donors (Lipinski definition) is 2. The van der Waals surface area contributed by atoms with Crippen LogP contribution in [0.25, 0.3) is 11.2 Å². The first kappa shape index (κ1) is 21.0. The van der Waals surface area contributed by atoms with E-state index in [0.717, 1.165) is 17.4 Å². The molecule has 8 nitrogen and oxygen atoms in total. The first-order chi connectivity index (χ1) is 12.7. The molecule has 0 radical (unpaired) electrons. The minimum absolute atomic E-state index is 0.0285. The number of aromatic amines is 1. The molecule has 0 aliphatic rings. The molecular weight excluding hydrogens is 391 g/mol. The highest BCUT2D eigenvalue weighted by Gasteiger charge is 2.38. The summed E-state index contributed by atoms with van der Waals surface area (Å²) >= 11 is 5.81. The van der Waals surface area contributed by atoms with E-state index in [9.17, 15) is 27.6 Å². The van der Waals surface area contributed by atoms with Crippen molar-refractivity contribution in [1.29, 1.82) is 0 Å². The van der Waals surface area contributed by atoms with Crippen LogP contribution >= 0.6 is 11.6 Å². The van der Waals surface area contributed by atoms with Crippen LogP contribution in [-0.4, -0.2) is 37.7 Å². The monoisotopic (exact) mass is 409 g/mol. The van der Waals surface area contributed by atoms with Gasteiger partial charge in [-0.3, -0.25) is 18.7 Å². The lowest BCUT2D eigenvalue weighted by Gasteiger charge is -2.12. The Bertz CT molecular complexity index is 932. The number of amides is 1. The number of alkyl halides is 3. The van der Waals surface area contributed by atoms with E-state index in [1.165, 1.54) is 4.57 Å². The molecule has 2 heterocycles. The number of imidazole rings is 1. The Morgan fingerprint density at radius 1 is 1.19 bits per heavy atom. The molecule has 1 amide bonds. The third-order valence-electron chi connectivity index (χ3n) is 3.92. The van der Waals surface area contributed by atoms with Crippen molar-refractivity contribution in [2.45, 2.75) is 51.9 Å².